The van der Waals surface area contributed by atoms with Crippen LogP contribution in [0.3, 0.4) is 0 Å². The van der Waals surface area contributed by atoms with Crippen LogP contribution in [0.4, 0.5) is 27.4 Å². The first-order chi connectivity index (χ1) is 17.9. The Hall–Kier alpha value is -4.72. The van der Waals surface area contributed by atoms with E-state index in [4.69, 9.17) is 5.73 Å². The number of fused-ring (bicyclic) bond motifs is 3. The number of anilines is 4. The summed E-state index contributed by atoms with van der Waals surface area (Å²) in [5, 5.41) is 24.5. The third kappa shape index (κ3) is 3.87. The van der Waals surface area contributed by atoms with Gasteiger partial charge in [-0.1, -0.05) is 0 Å². The van der Waals surface area contributed by atoms with Gasteiger partial charge in [0.1, 0.15) is 12.4 Å². The topological polar surface area (TPSA) is 147 Å². The minimum Gasteiger partial charge on any atom is -0.396 e. The van der Waals surface area contributed by atoms with Crippen molar-refractivity contribution < 1.29 is 9.18 Å². The summed E-state index contributed by atoms with van der Waals surface area (Å²) in [6, 6.07) is 7.72. The summed E-state index contributed by atoms with van der Waals surface area (Å²) >= 11 is 0. The van der Waals surface area contributed by atoms with E-state index in [0.29, 0.717) is 65.2 Å². The second kappa shape index (κ2) is 8.74. The number of nitrogen functional groups attached to an aromatic ring is 1. The van der Waals surface area contributed by atoms with Crippen LogP contribution in [0.1, 0.15) is 29.3 Å². The maximum atomic E-state index is 15.5. The average molecular weight is 498 g/mol. The molecule has 2 aliphatic heterocycles. The highest BCUT2D eigenvalue weighted by Gasteiger charge is 2.25. The molecule has 0 bridgehead atoms. The van der Waals surface area contributed by atoms with Crippen LogP contribution < -0.4 is 21.7 Å². The molecule has 0 fully saturated rings. The summed E-state index contributed by atoms with van der Waals surface area (Å²) < 4.78 is 17.2. The highest BCUT2D eigenvalue weighted by atomic mass is 19.1. The Labute approximate surface area is 211 Å². The second-order valence-electron chi connectivity index (χ2n) is 9.30. The lowest BCUT2D eigenvalue weighted by atomic mass is 9.91. The summed E-state index contributed by atoms with van der Waals surface area (Å²) in [6.45, 7) is 3.28. The minimum absolute atomic E-state index is 0.00579. The third-order valence-electron chi connectivity index (χ3n) is 6.99. The van der Waals surface area contributed by atoms with Gasteiger partial charge in [0.15, 0.2) is 11.6 Å². The van der Waals surface area contributed by atoms with Crippen molar-refractivity contribution in [2.75, 3.05) is 29.5 Å². The van der Waals surface area contributed by atoms with Crippen molar-refractivity contribution in [3.05, 3.63) is 53.4 Å². The van der Waals surface area contributed by atoms with Gasteiger partial charge in [0.05, 0.1) is 29.1 Å². The first kappa shape index (κ1) is 22.7. The number of nitrogens with zero attached hydrogens (tertiary/aromatic N) is 5. The molecule has 11 heteroatoms. The number of hydrogen-bond donors (Lipinski definition) is 4. The molecule has 186 valence electrons. The molecule has 5 N–H and O–H groups in total. The van der Waals surface area contributed by atoms with Crippen molar-refractivity contribution in [2.45, 2.75) is 32.2 Å². The van der Waals surface area contributed by atoms with E-state index < -0.39 is 5.82 Å². The maximum absolute atomic E-state index is 15.5. The number of pyridine rings is 2. The van der Waals surface area contributed by atoms with Crippen LogP contribution in [0.2, 0.25) is 0 Å². The zero-order chi connectivity index (χ0) is 25.7. The molecule has 5 heterocycles. The number of nitriles is 1. The molecule has 0 unspecified atom stereocenters. The molecule has 3 aromatic heterocycles. The predicted octanol–water partition coefficient (Wildman–Crippen LogP) is 3.36. The van der Waals surface area contributed by atoms with Gasteiger partial charge in [0, 0.05) is 60.2 Å². The molecule has 2 aliphatic rings. The van der Waals surface area contributed by atoms with Gasteiger partial charge in [-0.3, -0.25) is 14.5 Å². The molecule has 4 aromatic rings. The number of hydrogen-bond acceptors (Lipinski definition) is 8. The van der Waals surface area contributed by atoms with Crippen molar-refractivity contribution in [2.24, 2.45) is 0 Å². The number of amides is 1. The molecule has 0 saturated carbocycles. The lowest BCUT2D eigenvalue weighted by Crippen LogP contribution is -2.25. The lowest BCUT2D eigenvalue weighted by molar-refractivity contribution is -0.121. The number of halogens is 1. The number of carbonyl (C=O) groups is 1. The molecule has 0 radical (unpaired) electrons. The quantitative estimate of drug-likeness (QED) is 0.315. The fourth-order valence-electron chi connectivity index (χ4n) is 5.05. The first-order valence-electron chi connectivity index (χ1n) is 12.0. The normalized spacial score (nSPS) is 16.7. The first-order valence-corrected chi connectivity index (χ1v) is 12.0. The van der Waals surface area contributed by atoms with Gasteiger partial charge in [-0.2, -0.15) is 10.4 Å². The van der Waals surface area contributed by atoms with Crippen molar-refractivity contribution in [1.29, 1.82) is 5.26 Å². The van der Waals surface area contributed by atoms with E-state index in [1.807, 2.05) is 13.0 Å². The number of nitrogens with two attached hydrogens (primary N) is 1. The van der Waals surface area contributed by atoms with Gasteiger partial charge in [-0.05, 0) is 36.4 Å². The molecular weight excluding hydrogens is 473 g/mol. The molecule has 0 spiro atoms. The lowest BCUT2D eigenvalue weighted by Gasteiger charge is -2.24. The fraction of sp³-hybridized carbons (Fsp3) is 0.269. The van der Waals surface area contributed by atoms with Crippen LogP contribution in [0.5, 0.6) is 0 Å². The Balaban J connectivity index is 1.39. The molecule has 1 aromatic carbocycles. The Morgan fingerprint density at radius 2 is 2.03 bits per heavy atom. The molecule has 1 amide bonds. The molecule has 0 saturated heterocycles. The molecule has 37 heavy (non-hydrogen) atoms. The predicted molar refractivity (Wildman–Crippen MR) is 138 cm³/mol. The molecule has 1 atom stereocenters. The second-order valence-corrected chi connectivity index (χ2v) is 9.30. The fourth-order valence-corrected chi connectivity index (χ4v) is 5.05. The standard InChI is InChI=1S/C26H24FN9O/c1-13-18(10-33-26-14(9-28)2-4-31-25(13)26)17-6-15-7-20(32-11-19(15)24(29)23(17)27)34-21-8-16-3-5-30-22(37)12-36(16)35-21/h6-8,10-11,14,31H,2-5,12,29H2,1H3,(H,30,37)(H,32,34,35)/t14-/m0/s1. The van der Waals surface area contributed by atoms with E-state index >= 15 is 4.39 Å². The van der Waals surface area contributed by atoms with Crippen LogP contribution >= 0.6 is 0 Å². The monoisotopic (exact) mass is 497 g/mol. The van der Waals surface area contributed by atoms with Crippen molar-refractivity contribution in [3.8, 4) is 17.2 Å². The van der Waals surface area contributed by atoms with Gasteiger partial charge in [0.25, 0.3) is 0 Å². The zero-order valence-corrected chi connectivity index (χ0v) is 20.1. The highest BCUT2D eigenvalue weighted by molar-refractivity contribution is 5.98. The summed E-state index contributed by atoms with van der Waals surface area (Å²) in [6.07, 6.45) is 4.51. The number of nitrogens with one attached hydrogen (secondary N) is 3. The van der Waals surface area contributed by atoms with Crippen molar-refractivity contribution in [1.82, 2.24) is 25.1 Å². The summed E-state index contributed by atoms with van der Waals surface area (Å²) in [4.78, 5) is 20.8. The van der Waals surface area contributed by atoms with E-state index in [1.165, 1.54) is 6.20 Å². The van der Waals surface area contributed by atoms with Crippen molar-refractivity contribution in [3.63, 3.8) is 0 Å². The van der Waals surface area contributed by atoms with Crippen LogP contribution in [0.15, 0.2) is 30.6 Å². The smallest absolute Gasteiger partial charge is 0.241 e. The minimum atomic E-state index is -0.538. The number of benzene rings is 1. The number of aromatic nitrogens is 4. The van der Waals surface area contributed by atoms with Gasteiger partial charge in [0.2, 0.25) is 5.91 Å². The van der Waals surface area contributed by atoms with Gasteiger partial charge in [-0.15, -0.1) is 0 Å². The third-order valence-corrected chi connectivity index (χ3v) is 6.99. The highest BCUT2D eigenvalue weighted by Crippen LogP contribution is 2.40. The van der Waals surface area contributed by atoms with Crippen molar-refractivity contribution >= 4 is 39.7 Å². The molecule has 0 aliphatic carbocycles. The summed E-state index contributed by atoms with van der Waals surface area (Å²) in [7, 11) is 0. The van der Waals surface area contributed by atoms with E-state index in [9.17, 15) is 10.1 Å². The van der Waals surface area contributed by atoms with E-state index in [-0.39, 0.29) is 24.1 Å². The van der Waals surface area contributed by atoms with Crippen LogP contribution in [0, 0.1) is 24.1 Å². The number of rotatable bonds is 3. The van der Waals surface area contributed by atoms with E-state index in [1.54, 1.807) is 23.0 Å². The largest absolute Gasteiger partial charge is 0.396 e. The van der Waals surface area contributed by atoms with E-state index in [2.05, 4.69) is 37.1 Å². The zero-order valence-electron chi connectivity index (χ0n) is 20.1. The average Bonchev–Trinajstić information content (AvgIpc) is 3.17. The van der Waals surface area contributed by atoms with Crippen LogP contribution in [0.25, 0.3) is 21.9 Å². The maximum Gasteiger partial charge on any atom is 0.241 e. The van der Waals surface area contributed by atoms with Crippen LogP contribution in [-0.2, 0) is 17.8 Å². The SMILES string of the molecule is Cc1c(-c2cc3cc(Nc4cc5n(n4)CC(=O)NCC5)ncc3c(N)c2F)cnc2c1NCC[C@H]2C#N. The van der Waals surface area contributed by atoms with E-state index in [0.717, 1.165) is 16.9 Å². The summed E-state index contributed by atoms with van der Waals surface area (Å²) in [5.41, 5.74) is 10.4. The Kier molecular flexibility index (Phi) is 5.37. The van der Waals surface area contributed by atoms with Crippen LogP contribution in [-0.4, -0.2) is 38.7 Å². The Bertz CT molecular complexity index is 1620. The molecule has 6 rings (SSSR count). The van der Waals surface area contributed by atoms with Gasteiger partial charge >= 0.3 is 0 Å². The summed E-state index contributed by atoms with van der Waals surface area (Å²) in [5.74, 6) is 0.180. The molecular formula is C26H24FN9O. The van der Waals surface area contributed by atoms with Gasteiger partial charge in [-0.25, -0.2) is 9.37 Å². The molecule has 10 nitrogen and oxygen atoms in total. The number of carbonyl (C=O) groups excluding carboxylic acids is 1. The van der Waals surface area contributed by atoms with Gasteiger partial charge < -0.3 is 21.7 Å². The Morgan fingerprint density at radius 1 is 1.16 bits per heavy atom. The Morgan fingerprint density at radius 3 is 2.86 bits per heavy atom.